The van der Waals surface area contributed by atoms with Crippen LogP contribution >= 0.6 is 24.0 Å². The summed E-state index contributed by atoms with van der Waals surface area (Å²) in [6, 6.07) is 8.21. The second kappa shape index (κ2) is 11.8. The van der Waals surface area contributed by atoms with Crippen LogP contribution in [0.15, 0.2) is 29.3 Å². The van der Waals surface area contributed by atoms with Crippen LogP contribution in [-0.4, -0.2) is 48.1 Å². The number of aryl methyl sites for hydroxylation is 2. The number of fused-ring (bicyclic) bond motifs is 1. The van der Waals surface area contributed by atoms with E-state index in [1.165, 1.54) is 5.52 Å². The van der Waals surface area contributed by atoms with Crippen molar-refractivity contribution in [2.24, 2.45) is 10.9 Å². The van der Waals surface area contributed by atoms with E-state index < -0.39 is 0 Å². The number of halogens is 1. The molecule has 1 aromatic carbocycles. The molecule has 27 heavy (non-hydrogen) atoms. The van der Waals surface area contributed by atoms with Crippen molar-refractivity contribution in [3.8, 4) is 0 Å². The molecule has 1 heterocycles. The molecule has 0 radical (unpaired) electrons. The van der Waals surface area contributed by atoms with Gasteiger partial charge in [0.15, 0.2) is 5.96 Å². The van der Waals surface area contributed by atoms with Gasteiger partial charge in [-0.15, -0.1) is 24.0 Å². The molecule has 2 rings (SSSR count). The van der Waals surface area contributed by atoms with Gasteiger partial charge >= 0.3 is 0 Å². The molecule has 0 saturated heterocycles. The predicted octanol–water partition coefficient (Wildman–Crippen LogP) is 2.29. The number of nitrogens with one attached hydrogen (secondary N) is 3. The average molecular weight is 486 g/mol. The van der Waals surface area contributed by atoms with Crippen molar-refractivity contribution in [3.63, 3.8) is 0 Å². The normalized spacial score (nSPS) is 11.4. The molecule has 0 unspecified atom stereocenters. The Balaban J connectivity index is 0.00000364. The number of aliphatic imine (C=N–C) groups is 1. The summed E-state index contributed by atoms with van der Waals surface area (Å²) in [6.45, 7) is 8.74. The molecule has 1 amide bonds. The summed E-state index contributed by atoms with van der Waals surface area (Å²) in [5.74, 6) is 1.86. The van der Waals surface area contributed by atoms with Crippen molar-refractivity contribution >= 4 is 46.9 Å². The summed E-state index contributed by atoms with van der Waals surface area (Å²) in [4.78, 5) is 20.3. The van der Waals surface area contributed by atoms with Crippen LogP contribution in [0.25, 0.3) is 11.0 Å². The molecule has 0 saturated carbocycles. The van der Waals surface area contributed by atoms with Crippen LogP contribution in [-0.2, 0) is 11.3 Å². The lowest BCUT2D eigenvalue weighted by molar-refractivity contribution is -0.123. The number of rotatable bonds is 8. The summed E-state index contributed by atoms with van der Waals surface area (Å²) in [5.41, 5.74) is 2.22. The van der Waals surface area contributed by atoms with Crippen molar-refractivity contribution in [1.29, 1.82) is 0 Å². The third kappa shape index (κ3) is 7.00. The topological polar surface area (TPSA) is 83.3 Å². The van der Waals surface area contributed by atoms with Gasteiger partial charge in [-0.05, 0) is 25.5 Å². The van der Waals surface area contributed by atoms with Gasteiger partial charge in [0.1, 0.15) is 5.82 Å². The Bertz CT molecular complexity index is 756. The van der Waals surface area contributed by atoms with Gasteiger partial charge in [0.25, 0.3) is 0 Å². The van der Waals surface area contributed by atoms with Crippen molar-refractivity contribution in [2.45, 2.75) is 33.7 Å². The fraction of sp³-hybridized carbons (Fsp3) is 0.526. The van der Waals surface area contributed by atoms with Crippen LogP contribution in [0.3, 0.4) is 0 Å². The molecular weight excluding hydrogens is 455 g/mol. The highest BCUT2D eigenvalue weighted by atomic mass is 127. The first-order chi connectivity index (χ1) is 12.5. The molecule has 1 aromatic heterocycles. The SMILES string of the molecule is CN=C(NCCCn1c(C)nc2ccccc21)NCCNC(=O)C(C)C.I. The summed E-state index contributed by atoms with van der Waals surface area (Å²) in [5, 5.41) is 9.38. The zero-order chi connectivity index (χ0) is 18.9. The molecule has 8 heteroatoms. The Morgan fingerprint density at radius 2 is 1.81 bits per heavy atom. The van der Waals surface area contributed by atoms with Gasteiger partial charge in [-0.25, -0.2) is 4.98 Å². The Kier molecular flexibility index (Phi) is 10.1. The maximum atomic E-state index is 11.5. The number of hydrogen-bond acceptors (Lipinski definition) is 3. The standard InChI is InChI=1S/C19H30N6O.HI/c1-14(2)18(26)21-11-12-23-19(20-4)22-10-7-13-25-15(3)24-16-8-5-6-9-17(16)25;/h5-6,8-9,14H,7,10-13H2,1-4H3,(H,21,26)(H2,20,22,23);1H. The Morgan fingerprint density at radius 1 is 1.15 bits per heavy atom. The van der Waals surface area contributed by atoms with Crippen LogP contribution < -0.4 is 16.0 Å². The average Bonchev–Trinajstić information content (AvgIpc) is 2.95. The van der Waals surface area contributed by atoms with Gasteiger partial charge in [0, 0.05) is 39.1 Å². The Labute approximate surface area is 178 Å². The van der Waals surface area contributed by atoms with Gasteiger partial charge in [0.2, 0.25) is 5.91 Å². The zero-order valence-corrected chi connectivity index (χ0v) is 18.9. The van der Waals surface area contributed by atoms with Gasteiger partial charge in [-0.3, -0.25) is 9.79 Å². The summed E-state index contributed by atoms with van der Waals surface area (Å²) >= 11 is 0. The zero-order valence-electron chi connectivity index (χ0n) is 16.6. The lowest BCUT2D eigenvalue weighted by atomic mass is 10.2. The molecule has 0 spiro atoms. The molecule has 2 aromatic rings. The molecule has 0 atom stereocenters. The number of para-hydroxylation sites is 2. The number of imidazole rings is 1. The summed E-state index contributed by atoms with van der Waals surface area (Å²) in [7, 11) is 1.75. The maximum absolute atomic E-state index is 11.5. The van der Waals surface area contributed by atoms with E-state index in [-0.39, 0.29) is 35.8 Å². The highest BCUT2D eigenvalue weighted by Gasteiger charge is 2.07. The van der Waals surface area contributed by atoms with Crippen LogP contribution in [0.4, 0.5) is 0 Å². The van der Waals surface area contributed by atoms with E-state index in [1.54, 1.807) is 7.05 Å². The van der Waals surface area contributed by atoms with Crippen molar-refractivity contribution in [3.05, 3.63) is 30.1 Å². The predicted molar refractivity (Wildman–Crippen MR) is 122 cm³/mol. The van der Waals surface area contributed by atoms with E-state index in [4.69, 9.17) is 0 Å². The monoisotopic (exact) mass is 486 g/mol. The second-order valence-electron chi connectivity index (χ2n) is 6.52. The number of amides is 1. The number of benzene rings is 1. The van der Waals surface area contributed by atoms with E-state index in [0.29, 0.717) is 13.1 Å². The summed E-state index contributed by atoms with van der Waals surface area (Å²) < 4.78 is 2.24. The Morgan fingerprint density at radius 3 is 2.52 bits per heavy atom. The minimum atomic E-state index is 0. The minimum Gasteiger partial charge on any atom is -0.356 e. The first kappa shape index (κ1) is 23.2. The smallest absolute Gasteiger partial charge is 0.222 e. The van der Waals surface area contributed by atoms with Crippen molar-refractivity contribution < 1.29 is 4.79 Å². The van der Waals surface area contributed by atoms with E-state index in [2.05, 4.69) is 36.6 Å². The number of aromatic nitrogens is 2. The van der Waals surface area contributed by atoms with Crippen LogP contribution in [0.5, 0.6) is 0 Å². The lowest BCUT2D eigenvalue weighted by Crippen LogP contribution is -2.42. The second-order valence-corrected chi connectivity index (χ2v) is 6.52. The number of nitrogens with zero attached hydrogens (tertiary/aromatic N) is 3. The van der Waals surface area contributed by atoms with Crippen molar-refractivity contribution in [1.82, 2.24) is 25.5 Å². The van der Waals surface area contributed by atoms with E-state index >= 15 is 0 Å². The third-order valence-corrected chi connectivity index (χ3v) is 4.16. The lowest BCUT2D eigenvalue weighted by Gasteiger charge is -2.13. The van der Waals surface area contributed by atoms with Crippen LogP contribution in [0.2, 0.25) is 0 Å². The maximum Gasteiger partial charge on any atom is 0.222 e. The molecule has 150 valence electrons. The van der Waals surface area contributed by atoms with Crippen LogP contribution in [0.1, 0.15) is 26.1 Å². The highest BCUT2D eigenvalue weighted by molar-refractivity contribution is 14.0. The molecule has 0 aliphatic heterocycles. The number of guanidine groups is 1. The minimum absolute atomic E-state index is 0. The molecule has 0 fully saturated rings. The van der Waals surface area contributed by atoms with E-state index in [9.17, 15) is 4.79 Å². The van der Waals surface area contributed by atoms with Crippen molar-refractivity contribution in [2.75, 3.05) is 26.7 Å². The fourth-order valence-corrected chi connectivity index (χ4v) is 2.71. The molecule has 7 nitrogen and oxygen atoms in total. The first-order valence-electron chi connectivity index (χ1n) is 9.17. The van der Waals surface area contributed by atoms with Crippen LogP contribution in [0, 0.1) is 12.8 Å². The molecule has 0 aliphatic rings. The van der Waals surface area contributed by atoms with Gasteiger partial charge < -0.3 is 20.5 Å². The largest absolute Gasteiger partial charge is 0.356 e. The molecule has 0 aliphatic carbocycles. The van der Waals surface area contributed by atoms with Gasteiger partial charge in [0.05, 0.1) is 11.0 Å². The van der Waals surface area contributed by atoms with E-state index in [0.717, 1.165) is 36.8 Å². The number of carbonyl (C=O) groups excluding carboxylic acids is 1. The highest BCUT2D eigenvalue weighted by Crippen LogP contribution is 2.15. The van der Waals surface area contributed by atoms with Gasteiger partial charge in [-0.2, -0.15) is 0 Å². The fourth-order valence-electron chi connectivity index (χ4n) is 2.71. The Hall–Kier alpha value is -1.84. The third-order valence-electron chi connectivity index (χ3n) is 4.16. The first-order valence-corrected chi connectivity index (χ1v) is 9.17. The molecular formula is C19H31IN6O. The van der Waals surface area contributed by atoms with Gasteiger partial charge in [-0.1, -0.05) is 26.0 Å². The molecule has 3 N–H and O–H groups in total. The molecule has 0 bridgehead atoms. The van der Waals surface area contributed by atoms with E-state index in [1.807, 2.05) is 39.0 Å². The number of carbonyl (C=O) groups is 1. The number of hydrogen-bond donors (Lipinski definition) is 3. The quantitative estimate of drug-likeness (QED) is 0.232. The summed E-state index contributed by atoms with van der Waals surface area (Å²) in [6.07, 6.45) is 0.964.